The molecule has 1 fully saturated rings. The van der Waals surface area contributed by atoms with Gasteiger partial charge in [-0.05, 0) is 48.6 Å². The first-order chi connectivity index (χ1) is 15.3. The molecule has 2 nitrogen and oxygen atoms in total. The van der Waals surface area contributed by atoms with Crippen LogP contribution in [0.1, 0.15) is 108 Å². The van der Waals surface area contributed by atoms with Crippen LogP contribution in [0.3, 0.4) is 0 Å². The summed E-state index contributed by atoms with van der Waals surface area (Å²) in [6, 6.07) is 8.86. The van der Waals surface area contributed by atoms with Crippen LogP contribution < -0.4 is 0 Å². The van der Waals surface area contributed by atoms with Crippen molar-refractivity contribution in [2.75, 3.05) is 0 Å². The van der Waals surface area contributed by atoms with Gasteiger partial charge in [0.05, 0.1) is 0 Å². The highest BCUT2D eigenvalue weighted by Gasteiger charge is 2.20. The Morgan fingerprint density at radius 3 is 1.90 bits per heavy atom. The lowest BCUT2D eigenvalue weighted by atomic mass is 9.78. The lowest BCUT2D eigenvalue weighted by Crippen LogP contribution is -2.15. The van der Waals surface area contributed by atoms with E-state index in [1.54, 1.807) is 0 Å². The SMILES string of the molecule is CCCCCCc1ccc(-c2ncc(CC[C@H]3CC[C@H](CCCCC)CC3)cn2)cc1. The molecule has 3 rings (SSSR count). The highest BCUT2D eigenvalue weighted by atomic mass is 14.9. The third kappa shape index (κ3) is 8.39. The van der Waals surface area contributed by atoms with Crippen molar-refractivity contribution in [3.63, 3.8) is 0 Å². The van der Waals surface area contributed by atoms with Crippen molar-refractivity contribution in [3.8, 4) is 11.4 Å². The normalized spacial score (nSPS) is 18.9. The molecular weight excluding hydrogens is 376 g/mol. The topological polar surface area (TPSA) is 25.8 Å². The van der Waals surface area contributed by atoms with Gasteiger partial charge in [0.1, 0.15) is 0 Å². The molecule has 0 N–H and O–H groups in total. The highest BCUT2D eigenvalue weighted by Crippen LogP contribution is 2.34. The Kier molecular flexibility index (Phi) is 10.6. The molecule has 0 atom stereocenters. The second kappa shape index (κ2) is 13.7. The number of benzene rings is 1. The summed E-state index contributed by atoms with van der Waals surface area (Å²) in [5.41, 5.74) is 3.85. The number of nitrogens with zero attached hydrogens (tertiary/aromatic N) is 2. The van der Waals surface area contributed by atoms with Gasteiger partial charge in [-0.1, -0.05) is 109 Å². The molecule has 0 spiro atoms. The van der Waals surface area contributed by atoms with Crippen LogP contribution in [0.15, 0.2) is 36.7 Å². The second-order valence-electron chi connectivity index (χ2n) is 9.84. The van der Waals surface area contributed by atoms with Gasteiger partial charge in [-0.2, -0.15) is 0 Å². The van der Waals surface area contributed by atoms with E-state index in [2.05, 4.69) is 60.5 Å². The Morgan fingerprint density at radius 2 is 1.26 bits per heavy atom. The molecule has 0 amide bonds. The summed E-state index contributed by atoms with van der Waals surface area (Å²) in [5.74, 6) is 2.77. The minimum atomic E-state index is 0.855. The zero-order valence-electron chi connectivity index (χ0n) is 20.1. The van der Waals surface area contributed by atoms with Crippen LogP contribution in [0.25, 0.3) is 11.4 Å². The molecule has 1 heterocycles. The third-order valence-corrected chi connectivity index (χ3v) is 7.26. The van der Waals surface area contributed by atoms with Gasteiger partial charge in [0.2, 0.25) is 0 Å². The summed E-state index contributed by atoms with van der Waals surface area (Å²) in [6.45, 7) is 4.57. The number of hydrogen-bond acceptors (Lipinski definition) is 2. The molecule has 0 unspecified atom stereocenters. The molecule has 0 aliphatic heterocycles. The molecule has 31 heavy (non-hydrogen) atoms. The molecular formula is C29H44N2. The van der Waals surface area contributed by atoms with Gasteiger partial charge >= 0.3 is 0 Å². The van der Waals surface area contributed by atoms with Crippen LogP contribution >= 0.6 is 0 Å². The number of hydrogen-bond donors (Lipinski definition) is 0. The maximum Gasteiger partial charge on any atom is 0.159 e. The highest BCUT2D eigenvalue weighted by molar-refractivity contribution is 5.55. The quantitative estimate of drug-likeness (QED) is 0.303. The van der Waals surface area contributed by atoms with Crippen LogP contribution in [-0.2, 0) is 12.8 Å². The van der Waals surface area contributed by atoms with Gasteiger partial charge in [-0.3, -0.25) is 0 Å². The van der Waals surface area contributed by atoms with E-state index in [9.17, 15) is 0 Å². The van der Waals surface area contributed by atoms with Gasteiger partial charge in [0.15, 0.2) is 5.82 Å². The van der Waals surface area contributed by atoms with E-state index in [1.165, 1.54) is 101 Å². The summed E-state index contributed by atoms with van der Waals surface area (Å²) < 4.78 is 0. The molecule has 2 aromatic rings. The largest absolute Gasteiger partial charge is 0.236 e. The fourth-order valence-electron chi connectivity index (χ4n) is 5.07. The summed E-state index contributed by atoms with van der Waals surface area (Å²) in [6.07, 6.45) is 24.4. The fourth-order valence-corrected chi connectivity index (χ4v) is 5.07. The Hall–Kier alpha value is -1.70. The lowest BCUT2D eigenvalue weighted by molar-refractivity contribution is 0.249. The van der Waals surface area contributed by atoms with Crippen molar-refractivity contribution in [1.82, 2.24) is 9.97 Å². The van der Waals surface area contributed by atoms with Gasteiger partial charge in [0.25, 0.3) is 0 Å². The Morgan fingerprint density at radius 1 is 0.645 bits per heavy atom. The molecule has 1 aliphatic rings. The van der Waals surface area contributed by atoms with Gasteiger partial charge in [0, 0.05) is 18.0 Å². The van der Waals surface area contributed by atoms with Gasteiger partial charge in [-0.15, -0.1) is 0 Å². The van der Waals surface area contributed by atoms with Gasteiger partial charge < -0.3 is 0 Å². The Labute approximate surface area is 191 Å². The first-order valence-corrected chi connectivity index (χ1v) is 13.2. The van der Waals surface area contributed by atoms with Crippen LogP contribution in [0.2, 0.25) is 0 Å². The van der Waals surface area contributed by atoms with Crippen LogP contribution in [0, 0.1) is 11.8 Å². The Balaban J connectivity index is 1.39. The number of aromatic nitrogens is 2. The summed E-state index contributed by atoms with van der Waals surface area (Å²) in [7, 11) is 0. The minimum absolute atomic E-state index is 0.855. The maximum atomic E-state index is 4.67. The second-order valence-corrected chi connectivity index (χ2v) is 9.84. The third-order valence-electron chi connectivity index (χ3n) is 7.26. The fraction of sp³-hybridized carbons (Fsp3) is 0.655. The van der Waals surface area contributed by atoms with Crippen molar-refractivity contribution in [3.05, 3.63) is 47.8 Å². The first-order valence-electron chi connectivity index (χ1n) is 13.2. The average Bonchev–Trinajstić information content (AvgIpc) is 2.82. The minimum Gasteiger partial charge on any atom is -0.236 e. The van der Waals surface area contributed by atoms with Crippen molar-refractivity contribution >= 4 is 0 Å². The molecule has 170 valence electrons. The maximum absolute atomic E-state index is 4.67. The van der Waals surface area contributed by atoms with E-state index < -0.39 is 0 Å². The molecule has 0 bridgehead atoms. The molecule has 2 heteroatoms. The summed E-state index contributed by atoms with van der Waals surface area (Å²) >= 11 is 0. The smallest absolute Gasteiger partial charge is 0.159 e. The van der Waals surface area contributed by atoms with Crippen molar-refractivity contribution in [2.24, 2.45) is 11.8 Å². The molecule has 1 aromatic carbocycles. The lowest BCUT2D eigenvalue weighted by Gasteiger charge is -2.28. The van der Waals surface area contributed by atoms with E-state index in [-0.39, 0.29) is 0 Å². The van der Waals surface area contributed by atoms with E-state index in [4.69, 9.17) is 0 Å². The predicted octanol–water partition coefficient (Wildman–Crippen LogP) is 8.59. The number of aryl methyl sites for hydroxylation is 2. The number of rotatable bonds is 13. The zero-order chi connectivity index (χ0) is 21.7. The van der Waals surface area contributed by atoms with E-state index >= 15 is 0 Å². The molecule has 1 aromatic heterocycles. The van der Waals surface area contributed by atoms with Crippen molar-refractivity contribution in [1.29, 1.82) is 0 Å². The molecule has 1 aliphatic carbocycles. The predicted molar refractivity (Wildman–Crippen MR) is 133 cm³/mol. The van der Waals surface area contributed by atoms with E-state index in [1.807, 2.05) is 0 Å². The Bertz CT molecular complexity index is 711. The number of unbranched alkanes of at least 4 members (excludes halogenated alkanes) is 5. The zero-order valence-corrected chi connectivity index (χ0v) is 20.1. The van der Waals surface area contributed by atoms with Crippen LogP contribution in [0.4, 0.5) is 0 Å². The first kappa shape index (κ1) is 24.0. The molecule has 0 radical (unpaired) electrons. The van der Waals surface area contributed by atoms with Gasteiger partial charge in [-0.25, -0.2) is 9.97 Å². The van der Waals surface area contributed by atoms with Crippen molar-refractivity contribution < 1.29 is 0 Å². The summed E-state index contributed by atoms with van der Waals surface area (Å²) in [5, 5.41) is 0. The molecule has 1 saturated carbocycles. The molecule has 0 saturated heterocycles. The monoisotopic (exact) mass is 420 g/mol. The van der Waals surface area contributed by atoms with Crippen molar-refractivity contribution in [2.45, 2.75) is 110 Å². The van der Waals surface area contributed by atoms with Crippen LogP contribution in [0.5, 0.6) is 0 Å². The summed E-state index contributed by atoms with van der Waals surface area (Å²) in [4.78, 5) is 9.34. The van der Waals surface area contributed by atoms with E-state index in [0.29, 0.717) is 0 Å². The standard InChI is InChI=1S/C29H44N2/c1-3-5-7-9-11-25-18-20-28(21-19-25)29-30-22-27(23-31-29)17-16-26-14-12-24(13-15-26)10-8-6-4-2/h18-24,26H,3-17H2,1-2H3/t24-,26-. The van der Waals surface area contributed by atoms with Crippen LogP contribution in [-0.4, -0.2) is 9.97 Å². The average molecular weight is 421 g/mol. The van der Waals surface area contributed by atoms with E-state index in [0.717, 1.165) is 29.6 Å².